The Hall–Kier alpha value is -1.40. The fourth-order valence-electron chi connectivity index (χ4n) is 2.88. The van der Waals surface area contributed by atoms with Crippen molar-refractivity contribution in [2.24, 2.45) is 5.92 Å². The van der Waals surface area contributed by atoms with Crippen LogP contribution in [0, 0.1) is 17.2 Å². The first-order valence-electron chi connectivity index (χ1n) is 6.63. The molecule has 1 aliphatic rings. The number of nitriles is 1. The number of nitrogens with zero attached hydrogens (tertiary/aromatic N) is 3. The van der Waals surface area contributed by atoms with Gasteiger partial charge in [0.05, 0.1) is 6.07 Å². The van der Waals surface area contributed by atoms with Gasteiger partial charge in [0, 0.05) is 30.9 Å². The van der Waals surface area contributed by atoms with Crippen LogP contribution >= 0.6 is 0 Å². The molecule has 0 bridgehead atoms. The summed E-state index contributed by atoms with van der Waals surface area (Å²) in [5.74, 6) is 0.568. The molecule has 2 heterocycles. The molecule has 0 aromatic carbocycles. The summed E-state index contributed by atoms with van der Waals surface area (Å²) in [6.45, 7) is 6.64. The van der Waals surface area contributed by atoms with Gasteiger partial charge in [-0.25, -0.2) is 0 Å². The average molecular weight is 243 g/mol. The Balaban J connectivity index is 2.00. The SMILES string of the molecule is CC1(C)CC(CC#N)CCN1Cc1ccncc1. The topological polar surface area (TPSA) is 39.9 Å². The summed E-state index contributed by atoms with van der Waals surface area (Å²) in [5, 5.41) is 8.82. The third-order valence-electron chi connectivity index (χ3n) is 3.95. The summed E-state index contributed by atoms with van der Waals surface area (Å²) in [6.07, 6.45) is 6.66. The monoisotopic (exact) mass is 243 g/mol. The zero-order valence-corrected chi connectivity index (χ0v) is 11.3. The Kier molecular flexibility index (Phi) is 3.98. The minimum Gasteiger partial charge on any atom is -0.294 e. The first-order chi connectivity index (χ1) is 8.62. The standard InChI is InChI=1S/C15H21N3/c1-15(2)11-13(3-7-16)6-10-18(15)12-14-4-8-17-9-5-14/h4-5,8-9,13H,3,6,10-12H2,1-2H3. The molecule has 0 radical (unpaired) electrons. The van der Waals surface area contributed by atoms with E-state index in [1.165, 1.54) is 5.56 Å². The smallest absolute Gasteiger partial charge is 0.0624 e. The van der Waals surface area contributed by atoms with Gasteiger partial charge in [0.15, 0.2) is 0 Å². The summed E-state index contributed by atoms with van der Waals surface area (Å²) in [5.41, 5.74) is 1.50. The fraction of sp³-hybridized carbons (Fsp3) is 0.600. The zero-order valence-electron chi connectivity index (χ0n) is 11.3. The molecule has 18 heavy (non-hydrogen) atoms. The van der Waals surface area contributed by atoms with Gasteiger partial charge in [-0.1, -0.05) is 0 Å². The number of hydrogen-bond acceptors (Lipinski definition) is 3. The lowest BCUT2D eigenvalue weighted by molar-refractivity contribution is 0.0407. The van der Waals surface area contributed by atoms with Crippen molar-refractivity contribution in [3.63, 3.8) is 0 Å². The van der Waals surface area contributed by atoms with Gasteiger partial charge in [-0.05, 0) is 56.8 Å². The highest BCUT2D eigenvalue weighted by atomic mass is 15.2. The molecule has 1 aromatic heterocycles. The summed E-state index contributed by atoms with van der Waals surface area (Å²) in [4.78, 5) is 6.58. The average Bonchev–Trinajstić information content (AvgIpc) is 2.34. The molecule has 0 spiro atoms. The molecule has 1 saturated heterocycles. The number of piperidine rings is 1. The van der Waals surface area contributed by atoms with E-state index in [9.17, 15) is 0 Å². The lowest BCUT2D eigenvalue weighted by Crippen LogP contribution is -2.49. The highest BCUT2D eigenvalue weighted by Gasteiger charge is 2.34. The third kappa shape index (κ3) is 3.08. The molecule has 0 aliphatic carbocycles. The lowest BCUT2D eigenvalue weighted by Gasteiger charge is -2.45. The van der Waals surface area contributed by atoms with E-state index in [1.807, 2.05) is 12.4 Å². The molecule has 1 unspecified atom stereocenters. The van der Waals surface area contributed by atoms with Crippen molar-refractivity contribution >= 4 is 0 Å². The molecule has 3 nitrogen and oxygen atoms in total. The van der Waals surface area contributed by atoms with E-state index in [-0.39, 0.29) is 5.54 Å². The van der Waals surface area contributed by atoms with Gasteiger partial charge in [0.1, 0.15) is 0 Å². The van der Waals surface area contributed by atoms with Gasteiger partial charge in [0.2, 0.25) is 0 Å². The molecule has 0 amide bonds. The Morgan fingerprint density at radius 1 is 1.44 bits per heavy atom. The molecule has 2 rings (SSSR count). The number of likely N-dealkylation sites (tertiary alicyclic amines) is 1. The minimum atomic E-state index is 0.184. The first kappa shape index (κ1) is 13.0. The quantitative estimate of drug-likeness (QED) is 0.819. The molecule has 3 heteroatoms. The summed E-state index contributed by atoms with van der Waals surface area (Å²) >= 11 is 0. The lowest BCUT2D eigenvalue weighted by atomic mass is 9.81. The van der Waals surface area contributed by atoms with Gasteiger partial charge in [0.25, 0.3) is 0 Å². The van der Waals surface area contributed by atoms with Crippen LogP contribution in [0.2, 0.25) is 0 Å². The molecular weight excluding hydrogens is 222 g/mol. The molecule has 1 fully saturated rings. The van der Waals surface area contributed by atoms with Crippen LogP contribution in [0.15, 0.2) is 24.5 Å². The van der Waals surface area contributed by atoms with Gasteiger partial charge < -0.3 is 0 Å². The van der Waals surface area contributed by atoms with Gasteiger partial charge >= 0.3 is 0 Å². The van der Waals surface area contributed by atoms with Crippen LogP contribution in [0.25, 0.3) is 0 Å². The third-order valence-corrected chi connectivity index (χ3v) is 3.95. The van der Waals surface area contributed by atoms with Crippen molar-refractivity contribution < 1.29 is 0 Å². The maximum atomic E-state index is 8.82. The Bertz CT molecular complexity index is 419. The molecular formula is C15H21N3. The molecule has 1 atom stereocenters. The van der Waals surface area contributed by atoms with Crippen molar-refractivity contribution in [3.05, 3.63) is 30.1 Å². The molecule has 0 N–H and O–H groups in total. The maximum Gasteiger partial charge on any atom is 0.0624 e. The second-order valence-corrected chi connectivity index (χ2v) is 5.81. The highest BCUT2D eigenvalue weighted by molar-refractivity contribution is 5.10. The van der Waals surface area contributed by atoms with E-state index < -0.39 is 0 Å². The number of hydrogen-bond donors (Lipinski definition) is 0. The Morgan fingerprint density at radius 3 is 2.78 bits per heavy atom. The normalized spacial score (nSPS) is 23.5. The van der Waals surface area contributed by atoms with Crippen LogP contribution in [-0.2, 0) is 6.54 Å². The van der Waals surface area contributed by atoms with Crippen LogP contribution in [0.4, 0.5) is 0 Å². The second kappa shape index (κ2) is 5.49. The number of pyridine rings is 1. The van der Waals surface area contributed by atoms with Crippen LogP contribution in [0.5, 0.6) is 0 Å². The van der Waals surface area contributed by atoms with Gasteiger partial charge in [-0.3, -0.25) is 9.88 Å². The predicted octanol–water partition coefficient (Wildman–Crippen LogP) is 2.99. The molecule has 1 aromatic rings. The Labute approximate surface area is 109 Å². The van der Waals surface area contributed by atoms with E-state index in [0.29, 0.717) is 12.3 Å². The molecule has 96 valence electrons. The van der Waals surface area contributed by atoms with Crippen molar-refractivity contribution in [2.45, 2.75) is 45.2 Å². The Morgan fingerprint density at radius 2 is 2.17 bits per heavy atom. The van der Waals surface area contributed by atoms with E-state index in [4.69, 9.17) is 5.26 Å². The fourth-order valence-corrected chi connectivity index (χ4v) is 2.88. The van der Waals surface area contributed by atoms with Gasteiger partial charge in [-0.15, -0.1) is 0 Å². The summed E-state index contributed by atoms with van der Waals surface area (Å²) in [6, 6.07) is 6.47. The molecule has 0 saturated carbocycles. The van der Waals surface area contributed by atoms with E-state index in [0.717, 1.165) is 25.9 Å². The summed E-state index contributed by atoms with van der Waals surface area (Å²) < 4.78 is 0. The van der Waals surface area contributed by atoms with Crippen LogP contribution in [0.3, 0.4) is 0 Å². The molecule has 1 aliphatic heterocycles. The van der Waals surface area contributed by atoms with Crippen molar-refractivity contribution in [3.8, 4) is 6.07 Å². The van der Waals surface area contributed by atoms with E-state index in [2.05, 4.69) is 41.9 Å². The van der Waals surface area contributed by atoms with Crippen molar-refractivity contribution in [1.29, 1.82) is 5.26 Å². The van der Waals surface area contributed by atoms with E-state index >= 15 is 0 Å². The minimum absolute atomic E-state index is 0.184. The van der Waals surface area contributed by atoms with Gasteiger partial charge in [-0.2, -0.15) is 5.26 Å². The van der Waals surface area contributed by atoms with Crippen molar-refractivity contribution in [1.82, 2.24) is 9.88 Å². The highest BCUT2D eigenvalue weighted by Crippen LogP contribution is 2.33. The van der Waals surface area contributed by atoms with Crippen LogP contribution in [0.1, 0.15) is 38.7 Å². The predicted molar refractivity (Wildman–Crippen MR) is 71.7 cm³/mol. The van der Waals surface area contributed by atoms with Crippen molar-refractivity contribution in [2.75, 3.05) is 6.54 Å². The van der Waals surface area contributed by atoms with Crippen LogP contribution in [-0.4, -0.2) is 22.0 Å². The first-order valence-corrected chi connectivity index (χ1v) is 6.63. The zero-order chi connectivity index (χ0) is 13.0. The van der Waals surface area contributed by atoms with Crippen LogP contribution < -0.4 is 0 Å². The van der Waals surface area contributed by atoms with E-state index in [1.54, 1.807) is 0 Å². The second-order valence-electron chi connectivity index (χ2n) is 5.81. The number of rotatable bonds is 3. The largest absolute Gasteiger partial charge is 0.294 e. The summed E-state index contributed by atoms with van der Waals surface area (Å²) in [7, 11) is 0. The maximum absolute atomic E-state index is 8.82. The number of aromatic nitrogens is 1.